The number of imide groups is 1. The third-order valence-electron chi connectivity index (χ3n) is 1.08. The zero-order chi connectivity index (χ0) is 10.8. The molecule has 0 aliphatic carbocycles. The van der Waals surface area contributed by atoms with Gasteiger partial charge in [0.05, 0.1) is 6.41 Å². The molecule has 0 atom stereocenters. The summed E-state index contributed by atoms with van der Waals surface area (Å²) in [6.45, 7) is 5.11. The molecule has 0 unspecified atom stereocenters. The first-order chi connectivity index (χ1) is 6.70. The van der Waals surface area contributed by atoms with Crippen LogP contribution in [0.15, 0.2) is 12.4 Å². The Morgan fingerprint density at radius 3 is 2.60 bits per heavy atom. The molecule has 1 aromatic heterocycles. The molecule has 1 heterocycles. The van der Waals surface area contributed by atoms with E-state index in [1.165, 1.54) is 12.7 Å². The molecule has 1 rings (SSSR count). The smallest absolute Gasteiger partial charge is 0.0713 e. The van der Waals surface area contributed by atoms with Gasteiger partial charge in [0.15, 0.2) is 0 Å². The van der Waals surface area contributed by atoms with Crippen molar-refractivity contribution in [3.05, 3.63) is 31.2 Å². The topological polar surface area (TPSA) is 72.0 Å². The van der Waals surface area contributed by atoms with Crippen LogP contribution >= 0.6 is 0 Å². The van der Waals surface area contributed by atoms with Gasteiger partial charge in [0, 0.05) is 27.0 Å². The fourth-order valence-electron chi connectivity index (χ4n) is 0.441. The number of hydrogen-bond acceptors (Lipinski definition) is 4. The van der Waals surface area contributed by atoms with E-state index in [1.54, 1.807) is 11.4 Å². The van der Waals surface area contributed by atoms with Crippen molar-refractivity contribution >= 4 is 12.3 Å². The fourth-order valence-corrected chi connectivity index (χ4v) is 0.441. The second-order valence-electron chi connectivity index (χ2n) is 2.19. The zero-order valence-corrected chi connectivity index (χ0v) is 11.1. The van der Waals surface area contributed by atoms with E-state index in [1.807, 2.05) is 6.92 Å². The molecule has 82 valence electrons. The van der Waals surface area contributed by atoms with Gasteiger partial charge in [0.1, 0.15) is 0 Å². The number of hydrogen-bond donors (Lipinski definition) is 1. The van der Waals surface area contributed by atoms with E-state index in [0.29, 0.717) is 0 Å². The van der Waals surface area contributed by atoms with Crippen LogP contribution in [0.4, 0.5) is 0 Å². The molecule has 15 heavy (non-hydrogen) atoms. The van der Waals surface area contributed by atoms with Crippen molar-refractivity contribution in [2.75, 3.05) is 0 Å². The Balaban J connectivity index is 0. The molecule has 0 bridgehead atoms. The number of carbonyl (C=O) groups excluding carboxylic acids is 2. The van der Waals surface area contributed by atoms with Crippen LogP contribution in [-0.2, 0) is 30.7 Å². The molecule has 0 fully saturated rings. The quantitative estimate of drug-likeness (QED) is 0.582. The van der Waals surface area contributed by atoms with Crippen LogP contribution in [0.25, 0.3) is 0 Å². The van der Waals surface area contributed by atoms with Crippen LogP contribution in [0, 0.1) is 20.0 Å². The second-order valence-corrected chi connectivity index (χ2v) is 2.19. The summed E-state index contributed by atoms with van der Waals surface area (Å²) in [4.78, 5) is 26.7. The summed E-state index contributed by atoms with van der Waals surface area (Å²) in [6, 6.07) is 1.74. The Bertz CT molecular complexity index is 280. The van der Waals surface area contributed by atoms with E-state index >= 15 is 0 Å². The van der Waals surface area contributed by atoms with Gasteiger partial charge >= 0.3 is 0 Å². The Morgan fingerprint density at radius 2 is 2.40 bits per heavy atom. The Hall–Kier alpha value is -1.09. The summed E-state index contributed by atoms with van der Waals surface area (Å²) in [5.41, 5.74) is 0.954. The molecule has 1 N–H and O–H groups in total. The SMILES string of the molecule is Cc1c[c-]ncn1.[CH2-]CC(=O)N[C-]=O.[W]. The first-order valence-corrected chi connectivity index (χ1v) is 3.80. The van der Waals surface area contributed by atoms with Crippen molar-refractivity contribution in [1.82, 2.24) is 15.3 Å². The van der Waals surface area contributed by atoms with Gasteiger partial charge in [0.25, 0.3) is 0 Å². The van der Waals surface area contributed by atoms with Crippen molar-refractivity contribution in [3.8, 4) is 0 Å². The molecule has 6 heteroatoms. The van der Waals surface area contributed by atoms with Crippen molar-refractivity contribution in [2.45, 2.75) is 13.3 Å². The fraction of sp³-hybridized carbons (Fsp3) is 0.222. The molecule has 0 spiro atoms. The Kier molecular flexibility index (Phi) is 12.0. The summed E-state index contributed by atoms with van der Waals surface area (Å²) in [7, 11) is 0. The maximum atomic E-state index is 9.98. The molecule has 0 saturated heterocycles. The number of rotatable bonds is 2. The molecule has 0 radical (unpaired) electrons. The van der Waals surface area contributed by atoms with Crippen LogP contribution in [0.2, 0.25) is 0 Å². The normalized spacial score (nSPS) is 7.60. The number of aromatic nitrogens is 2. The monoisotopic (exact) mass is 376 g/mol. The first-order valence-electron chi connectivity index (χ1n) is 3.80. The summed E-state index contributed by atoms with van der Waals surface area (Å²) in [5.74, 6) is -0.407. The van der Waals surface area contributed by atoms with E-state index in [-0.39, 0.29) is 27.5 Å². The van der Waals surface area contributed by atoms with Gasteiger partial charge in [-0.05, 0) is 6.33 Å². The van der Waals surface area contributed by atoms with E-state index in [2.05, 4.69) is 23.1 Å². The van der Waals surface area contributed by atoms with Crippen molar-refractivity contribution in [2.24, 2.45) is 0 Å². The standard InChI is InChI=1S/C5H5N2.C4H5NO2.W/c1-5-2-3-6-4-7-5;1-2-4(7)5-3-6;/h2,4H,1H3;1-2H2,(H,5,6,7);/q-1;-2;. The largest absolute Gasteiger partial charge is 0.464 e. The molecule has 5 nitrogen and oxygen atoms in total. The van der Waals surface area contributed by atoms with Crippen LogP contribution in [-0.4, -0.2) is 22.3 Å². The van der Waals surface area contributed by atoms with Gasteiger partial charge in [-0.25, -0.2) is 0 Å². The predicted molar refractivity (Wildman–Crippen MR) is 49.4 cm³/mol. The Labute approximate surface area is 103 Å². The maximum absolute atomic E-state index is 9.98. The number of carbonyl (C=O) groups is 1. The third-order valence-corrected chi connectivity index (χ3v) is 1.08. The van der Waals surface area contributed by atoms with E-state index in [9.17, 15) is 9.59 Å². The van der Waals surface area contributed by atoms with Crippen LogP contribution in [0.1, 0.15) is 12.1 Å². The molecule has 1 aromatic rings. The zero-order valence-electron chi connectivity index (χ0n) is 8.19. The van der Waals surface area contributed by atoms with E-state index in [4.69, 9.17) is 0 Å². The van der Waals surface area contributed by atoms with Crippen molar-refractivity contribution in [1.29, 1.82) is 0 Å². The molecule has 0 aliphatic heterocycles. The summed E-state index contributed by atoms with van der Waals surface area (Å²) < 4.78 is 0. The van der Waals surface area contributed by atoms with Gasteiger partial charge in [0.2, 0.25) is 0 Å². The average molecular weight is 376 g/mol. The maximum Gasteiger partial charge on any atom is 0.0713 e. The summed E-state index contributed by atoms with van der Waals surface area (Å²) in [6.07, 6.45) is 5.44. The van der Waals surface area contributed by atoms with Gasteiger partial charge in [-0.3, -0.25) is 0 Å². The molecular formula is C9H10N3O2W-3. The van der Waals surface area contributed by atoms with E-state index < -0.39 is 5.91 Å². The van der Waals surface area contributed by atoms with Crippen molar-refractivity contribution < 1.29 is 30.7 Å². The molecule has 0 aliphatic rings. The van der Waals surface area contributed by atoms with Gasteiger partial charge in [-0.1, -0.05) is 18.8 Å². The first kappa shape index (κ1) is 16.3. The molecule has 0 aromatic carbocycles. The third kappa shape index (κ3) is 10.8. The van der Waals surface area contributed by atoms with Crippen molar-refractivity contribution in [3.63, 3.8) is 0 Å². The molecule has 2 amide bonds. The number of nitrogens with zero attached hydrogens (tertiary/aromatic N) is 2. The van der Waals surface area contributed by atoms with Gasteiger partial charge < -0.3 is 31.8 Å². The second kappa shape index (κ2) is 11.0. The summed E-state index contributed by atoms with van der Waals surface area (Å²) in [5, 5.41) is 1.79. The van der Waals surface area contributed by atoms with Crippen LogP contribution < -0.4 is 5.32 Å². The predicted octanol–water partition coefficient (Wildman–Crippen LogP) is -0.0233. The number of aryl methyl sites for hydroxylation is 1. The average Bonchev–Trinajstić information content (AvgIpc) is 2.20. The van der Waals surface area contributed by atoms with E-state index in [0.717, 1.165) is 5.69 Å². The van der Waals surface area contributed by atoms with Gasteiger partial charge in [-0.2, -0.15) is 6.42 Å². The number of amides is 2. The van der Waals surface area contributed by atoms with Crippen LogP contribution in [0.3, 0.4) is 0 Å². The minimum absolute atomic E-state index is 0. The molecule has 0 saturated carbocycles. The molecular weight excluding hydrogens is 366 g/mol. The summed E-state index contributed by atoms with van der Waals surface area (Å²) >= 11 is 0. The van der Waals surface area contributed by atoms with Gasteiger partial charge in [-0.15, -0.1) is 6.07 Å². The number of nitrogens with one attached hydrogen (secondary N) is 1. The Morgan fingerprint density at radius 1 is 1.73 bits per heavy atom. The minimum Gasteiger partial charge on any atom is -0.464 e. The van der Waals surface area contributed by atoms with Crippen LogP contribution in [0.5, 0.6) is 0 Å². The minimum atomic E-state index is -0.407.